The van der Waals surface area contributed by atoms with E-state index in [-0.39, 0.29) is 12.2 Å². The summed E-state index contributed by atoms with van der Waals surface area (Å²) >= 11 is 0. The summed E-state index contributed by atoms with van der Waals surface area (Å²) in [7, 11) is 0. The van der Waals surface area contributed by atoms with E-state index in [1.54, 1.807) is 0 Å². The van der Waals surface area contributed by atoms with Crippen molar-refractivity contribution < 1.29 is 0 Å². The van der Waals surface area contributed by atoms with Crippen molar-refractivity contribution in [1.82, 2.24) is 4.98 Å². The van der Waals surface area contributed by atoms with Crippen LogP contribution >= 0.6 is 0 Å². The number of fused-ring (bicyclic) bond motifs is 1. The Morgan fingerprint density at radius 3 is 2.64 bits per heavy atom. The Bertz CT molecular complexity index is 774. The molecule has 4 rings (SSSR count). The molecule has 0 saturated carbocycles. The minimum Gasteiger partial charge on any atom is -0.332 e. The summed E-state index contributed by atoms with van der Waals surface area (Å²) in [5.41, 5.74) is 4.28. The zero-order valence-corrected chi connectivity index (χ0v) is 12.4. The van der Waals surface area contributed by atoms with Gasteiger partial charge in [0.2, 0.25) is 0 Å². The van der Waals surface area contributed by atoms with Crippen LogP contribution < -0.4 is 4.90 Å². The van der Waals surface area contributed by atoms with Gasteiger partial charge in [-0.15, -0.1) is 0 Å². The third-order valence-corrected chi connectivity index (χ3v) is 4.04. The molecule has 2 heterocycles. The van der Waals surface area contributed by atoms with Crippen LogP contribution in [0, 0.1) is 6.92 Å². The maximum Gasteiger partial charge on any atom is 0.165 e. The molecule has 2 atom stereocenters. The molecule has 108 valence electrons. The van der Waals surface area contributed by atoms with E-state index in [0.717, 1.165) is 17.1 Å². The number of anilines is 1. The Balaban J connectivity index is 1.82. The van der Waals surface area contributed by atoms with Gasteiger partial charge in [0, 0.05) is 11.4 Å². The normalized spacial score (nSPS) is 22.6. The van der Waals surface area contributed by atoms with Gasteiger partial charge in [0.1, 0.15) is 0 Å². The van der Waals surface area contributed by atoms with Crippen LogP contribution in [0.5, 0.6) is 0 Å². The molecule has 3 heteroatoms. The van der Waals surface area contributed by atoms with Crippen molar-refractivity contribution in [3.63, 3.8) is 0 Å². The number of allylic oxidation sites excluding steroid dienone is 2. The number of hydrogen-bond donors (Lipinski definition) is 0. The number of hydrogen-bond acceptors (Lipinski definition) is 3. The summed E-state index contributed by atoms with van der Waals surface area (Å²) in [4.78, 5) is 11.9. The van der Waals surface area contributed by atoms with E-state index in [1.165, 1.54) is 5.69 Å². The SMILES string of the molecule is Cc1cccc(C2N=C3C=CC=CC3N2c2ccccc2)n1. The fourth-order valence-corrected chi connectivity index (χ4v) is 3.05. The zero-order chi connectivity index (χ0) is 14.9. The highest BCUT2D eigenvalue weighted by atomic mass is 15.3. The summed E-state index contributed by atoms with van der Waals surface area (Å²) in [5, 5.41) is 0. The van der Waals surface area contributed by atoms with Gasteiger partial charge in [-0.05, 0) is 37.3 Å². The van der Waals surface area contributed by atoms with Crippen molar-refractivity contribution in [1.29, 1.82) is 0 Å². The van der Waals surface area contributed by atoms with E-state index in [1.807, 2.05) is 25.1 Å². The molecule has 0 N–H and O–H groups in total. The van der Waals surface area contributed by atoms with Crippen LogP contribution in [-0.4, -0.2) is 16.7 Å². The lowest BCUT2D eigenvalue weighted by atomic mass is 10.1. The van der Waals surface area contributed by atoms with Gasteiger partial charge >= 0.3 is 0 Å². The van der Waals surface area contributed by atoms with Gasteiger partial charge in [-0.3, -0.25) is 9.98 Å². The molecule has 0 radical (unpaired) electrons. The van der Waals surface area contributed by atoms with Gasteiger partial charge < -0.3 is 4.90 Å². The van der Waals surface area contributed by atoms with Crippen molar-refractivity contribution in [2.24, 2.45) is 4.99 Å². The fraction of sp³-hybridized carbons (Fsp3) is 0.158. The molecule has 0 amide bonds. The molecule has 0 fully saturated rings. The van der Waals surface area contributed by atoms with Crippen LogP contribution in [0.4, 0.5) is 5.69 Å². The smallest absolute Gasteiger partial charge is 0.165 e. The van der Waals surface area contributed by atoms with Gasteiger partial charge in [-0.1, -0.05) is 42.5 Å². The van der Waals surface area contributed by atoms with E-state index in [2.05, 4.69) is 59.5 Å². The molecule has 1 aromatic heterocycles. The quantitative estimate of drug-likeness (QED) is 0.839. The summed E-state index contributed by atoms with van der Waals surface area (Å²) in [6.07, 6.45) is 8.35. The second kappa shape index (κ2) is 5.26. The predicted octanol–water partition coefficient (Wildman–Crippen LogP) is 3.84. The van der Waals surface area contributed by atoms with Gasteiger partial charge in [-0.2, -0.15) is 0 Å². The zero-order valence-electron chi connectivity index (χ0n) is 12.4. The number of aromatic nitrogens is 1. The second-order valence-electron chi connectivity index (χ2n) is 5.56. The Labute approximate surface area is 130 Å². The summed E-state index contributed by atoms with van der Waals surface area (Å²) in [6.45, 7) is 2.02. The average molecular weight is 287 g/mol. The molecular weight excluding hydrogens is 270 g/mol. The molecule has 0 spiro atoms. The standard InChI is InChI=1S/C19H17N3/c1-14-8-7-12-17(20-14)19-21-16-11-5-6-13-18(16)22(19)15-9-3-2-4-10-15/h2-13,18-19H,1H3. The highest BCUT2D eigenvalue weighted by Crippen LogP contribution is 2.36. The van der Waals surface area contributed by atoms with E-state index < -0.39 is 0 Å². The highest BCUT2D eigenvalue weighted by molar-refractivity contribution is 6.06. The molecule has 1 aromatic carbocycles. The van der Waals surface area contributed by atoms with Crippen LogP contribution in [0.2, 0.25) is 0 Å². The molecular formula is C19H17N3. The third-order valence-electron chi connectivity index (χ3n) is 4.04. The monoisotopic (exact) mass is 287 g/mol. The van der Waals surface area contributed by atoms with E-state index in [0.29, 0.717) is 0 Å². The van der Waals surface area contributed by atoms with Crippen LogP contribution in [0.25, 0.3) is 0 Å². The molecule has 0 saturated heterocycles. The van der Waals surface area contributed by atoms with Gasteiger partial charge in [0.15, 0.2) is 6.17 Å². The number of rotatable bonds is 2. The van der Waals surface area contributed by atoms with Crippen LogP contribution in [0.1, 0.15) is 17.6 Å². The Morgan fingerprint density at radius 1 is 0.955 bits per heavy atom. The van der Waals surface area contributed by atoms with E-state index >= 15 is 0 Å². The summed E-state index contributed by atoms with van der Waals surface area (Å²) in [5.74, 6) is 0. The molecule has 1 aliphatic carbocycles. The minimum absolute atomic E-state index is 0.0744. The van der Waals surface area contributed by atoms with Gasteiger partial charge in [-0.25, -0.2) is 0 Å². The van der Waals surface area contributed by atoms with Gasteiger partial charge in [0.25, 0.3) is 0 Å². The lowest BCUT2D eigenvalue weighted by Crippen LogP contribution is -2.36. The molecule has 0 bridgehead atoms. The van der Waals surface area contributed by atoms with Crippen LogP contribution in [0.15, 0.2) is 77.8 Å². The molecule has 2 unspecified atom stereocenters. The first-order chi connectivity index (χ1) is 10.8. The van der Waals surface area contributed by atoms with E-state index in [4.69, 9.17) is 9.98 Å². The average Bonchev–Trinajstić information content (AvgIpc) is 2.95. The van der Waals surface area contributed by atoms with Crippen molar-refractivity contribution in [2.75, 3.05) is 4.90 Å². The lowest BCUT2D eigenvalue weighted by Gasteiger charge is -2.30. The topological polar surface area (TPSA) is 28.5 Å². The number of nitrogens with zero attached hydrogens (tertiary/aromatic N) is 3. The van der Waals surface area contributed by atoms with Crippen molar-refractivity contribution in [2.45, 2.75) is 19.1 Å². The first-order valence-corrected chi connectivity index (χ1v) is 7.52. The Hall–Kier alpha value is -2.68. The van der Waals surface area contributed by atoms with Crippen LogP contribution in [0.3, 0.4) is 0 Å². The first-order valence-electron chi connectivity index (χ1n) is 7.52. The minimum atomic E-state index is -0.0744. The predicted molar refractivity (Wildman–Crippen MR) is 90.1 cm³/mol. The third kappa shape index (κ3) is 2.15. The number of para-hydroxylation sites is 1. The fourth-order valence-electron chi connectivity index (χ4n) is 3.05. The molecule has 22 heavy (non-hydrogen) atoms. The van der Waals surface area contributed by atoms with Gasteiger partial charge in [0.05, 0.1) is 17.4 Å². The van der Waals surface area contributed by atoms with Crippen LogP contribution in [-0.2, 0) is 0 Å². The van der Waals surface area contributed by atoms with E-state index in [9.17, 15) is 0 Å². The largest absolute Gasteiger partial charge is 0.332 e. The first kappa shape index (κ1) is 13.0. The molecule has 1 aliphatic heterocycles. The number of benzene rings is 1. The highest BCUT2D eigenvalue weighted by Gasteiger charge is 2.36. The lowest BCUT2D eigenvalue weighted by molar-refractivity contribution is 0.673. The molecule has 2 aromatic rings. The van der Waals surface area contributed by atoms with Crippen molar-refractivity contribution in [3.8, 4) is 0 Å². The number of aliphatic imine (C=N–C) groups is 1. The number of pyridine rings is 1. The summed E-state index contributed by atoms with van der Waals surface area (Å²) in [6, 6.07) is 16.7. The maximum atomic E-state index is 4.92. The molecule has 3 nitrogen and oxygen atoms in total. The Kier molecular flexibility index (Phi) is 3.11. The Morgan fingerprint density at radius 2 is 1.82 bits per heavy atom. The number of aryl methyl sites for hydroxylation is 1. The second-order valence-corrected chi connectivity index (χ2v) is 5.56. The van der Waals surface area contributed by atoms with Crippen molar-refractivity contribution >= 4 is 11.4 Å². The maximum absolute atomic E-state index is 4.92. The van der Waals surface area contributed by atoms with Crippen molar-refractivity contribution in [3.05, 3.63) is 84.2 Å². The summed E-state index contributed by atoms with van der Waals surface area (Å²) < 4.78 is 0. The molecule has 2 aliphatic rings.